The predicted octanol–water partition coefficient (Wildman–Crippen LogP) is 2.32. The van der Waals surface area contributed by atoms with Gasteiger partial charge in [-0.1, -0.05) is 6.92 Å². The van der Waals surface area contributed by atoms with Gasteiger partial charge in [-0.2, -0.15) is 4.39 Å². The number of halogens is 2. The molecule has 0 aliphatic rings. The third kappa shape index (κ3) is 3.56. The maximum absolute atomic E-state index is 12.6. The topological polar surface area (TPSA) is 24.9 Å². The Labute approximate surface area is 91.1 Å². The van der Waals surface area contributed by atoms with Gasteiger partial charge in [-0.3, -0.25) is 0 Å². The Balaban J connectivity index is 2.56. The normalized spacial score (nSPS) is 10.4. The molecule has 1 rings (SSSR count). The fourth-order valence-electron chi connectivity index (χ4n) is 0.966. The molecule has 1 heterocycles. The maximum atomic E-state index is 12.6. The summed E-state index contributed by atoms with van der Waals surface area (Å²) in [6.07, 6.45) is 2.69. The van der Waals surface area contributed by atoms with E-state index in [1.807, 2.05) is 0 Å². The number of rotatable bonds is 4. The smallest absolute Gasteiger partial charge is 0.213 e. The van der Waals surface area contributed by atoms with Crippen molar-refractivity contribution < 1.29 is 4.39 Å². The molecule has 0 amide bonds. The molecule has 0 spiro atoms. The van der Waals surface area contributed by atoms with Crippen LogP contribution in [0.5, 0.6) is 0 Å². The Morgan fingerprint density at radius 2 is 2.38 bits per heavy atom. The van der Waals surface area contributed by atoms with Crippen molar-refractivity contribution in [2.24, 2.45) is 0 Å². The van der Waals surface area contributed by atoms with Crippen LogP contribution in [0.25, 0.3) is 0 Å². The minimum Gasteiger partial charge on any atom is -0.313 e. The zero-order chi connectivity index (χ0) is 9.68. The molecule has 0 aliphatic carbocycles. The first-order valence-electron chi connectivity index (χ1n) is 4.24. The second-order valence-corrected chi connectivity index (χ2v) is 3.94. The highest BCUT2D eigenvalue weighted by Gasteiger charge is 2.01. The molecule has 1 aromatic heterocycles. The zero-order valence-corrected chi connectivity index (χ0v) is 9.64. The van der Waals surface area contributed by atoms with E-state index in [-0.39, 0.29) is 0 Å². The number of nitrogens with zero attached hydrogens (tertiary/aromatic N) is 1. The summed E-state index contributed by atoms with van der Waals surface area (Å²) in [5.74, 6) is -0.413. The molecule has 1 N–H and O–H groups in total. The average Bonchev–Trinajstić information content (AvgIpc) is 2.09. The van der Waals surface area contributed by atoms with Crippen LogP contribution >= 0.6 is 22.6 Å². The van der Waals surface area contributed by atoms with Crippen molar-refractivity contribution in [2.45, 2.75) is 19.9 Å². The molecule has 13 heavy (non-hydrogen) atoms. The summed E-state index contributed by atoms with van der Waals surface area (Å²) in [4.78, 5) is 3.61. The first-order valence-corrected chi connectivity index (χ1v) is 5.32. The van der Waals surface area contributed by atoms with Gasteiger partial charge in [0, 0.05) is 22.4 Å². The molecule has 0 saturated carbocycles. The maximum Gasteiger partial charge on any atom is 0.213 e. The van der Waals surface area contributed by atoms with Gasteiger partial charge in [0.25, 0.3) is 0 Å². The number of nitrogens with one attached hydrogen (secondary N) is 1. The highest BCUT2D eigenvalue weighted by molar-refractivity contribution is 14.1. The molecular weight excluding hydrogens is 282 g/mol. The van der Waals surface area contributed by atoms with E-state index in [9.17, 15) is 4.39 Å². The largest absolute Gasteiger partial charge is 0.313 e. The molecule has 72 valence electrons. The molecule has 0 unspecified atom stereocenters. The standard InChI is InChI=1S/C9H12FIN2/c1-2-3-12-5-7-6-13-9(10)4-8(7)11/h4,6,12H,2-3,5H2,1H3. The van der Waals surface area contributed by atoms with E-state index in [0.29, 0.717) is 0 Å². The summed E-state index contributed by atoms with van der Waals surface area (Å²) in [6.45, 7) is 3.85. The SMILES string of the molecule is CCCNCc1cnc(F)cc1I. The van der Waals surface area contributed by atoms with Gasteiger partial charge in [0.1, 0.15) is 0 Å². The van der Waals surface area contributed by atoms with Crippen LogP contribution in [0.15, 0.2) is 12.3 Å². The minimum atomic E-state index is -0.413. The van der Waals surface area contributed by atoms with Crippen LogP contribution in [0.3, 0.4) is 0 Å². The van der Waals surface area contributed by atoms with E-state index in [2.05, 4.69) is 39.8 Å². The van der Waals surface area contributed by atoms with Gasteiger partial charge in [-0.15, -0.1) is 0 Å². The fraction of sp³-hybridized carbons (Fsp3) is 0.444. The molecule has 0 fully saturated rings. The fourth-order valence-corrected chi connectivity index (χ4v) is 1.55. The van der Waals surface area contributed by atoms with Gasteiger partial charge >= 0.3 is 0 Å². The van der Waals surface area contributed by atoms with Crippen molar-refractivity contribution in [2.75, 3.05) is 6.54 Å². The summed E-state index contributed by atoms with van der Waals surface area (Å²) in [5.41, 5.74) is 1.05. The van der Waals surface area contributed by atoms with Crippen molar-refractivity contribution in [3.8, 4) is 0 Å². The summed E-state index contributed by atoms with van der Waals surface area (Å²) < 4.78 is 13.5. The third-order valence-electron chi connectivity index (χ3n) is 1.64. The number of aromatic nitrogens is 1. The van der Waals surface area contributed by atoms with Gasteiger partial charge < -0.3 is 5.32 Å². The average molecular weight is 294 g/mol. The molecule has 0 bridgehead atoms. The Morgan fingerprint density at radius 1 is 1.62 bits per heavy atom. The first-order chi connectivity index (χ1) is 6.24. The highest BCUT2D eigenvalue weighted by Crippen LogP contribution is 2.11. The van der Waals surface area contributed by atoms with E-state index < -0.39 is 5.95 Å². The molecule has 0 radical (unpaired) electrons. The van der Waals surface area contributed by atoms with Crippen LogP contribution < -0.4 is 5.32 Å². The summed E-state index contributed by atoms with van der Waals surface area (Å²) in [6, 6.07) is 1.45. The second kappa shape index (κ2) is 5.49. The van der Waals surface area contributed by atoms with Crippen molar-refractivity contribution in [1.82, 2.24) is 10.3 Å². The van der Waals surface area contributed by atoms with E-state index in [1.54, 1.807) is 6.20 Å². The van der Waals surface area contributed by atoms with Gasteiger partial charge in [-0.25, -0.2) is 4.98 Å². The molecule has 0 aromatic carbocycles. The van der Waals surface area contributed by atoms with Gasteiger partial charge in [0.2, 0.25) is 5.95 Å². The van der Waals surface area contributed by atoms with E-state index in [1.165, 1.54) is 6.07 Å². The summed E-state index contributed by atoms with van der Waals surface area (Å²) >= 11 is 2.12. The van der Waals surface area contributed by atoms with Gasteiger partial charge in [-0.05, 0) is 41.1 Å². The third-order valence-corrected chi connectivity index (χ3v) is 2.64. The second-order valence-electron chi connectivity index (χ2n) is 2.78. The molecule has 0 atom stereocenters. The Morgan fingerprint density at radius 3 is 3.00 bits per heavy atom. The van der Waals surface area contributed by atoms with Crippen molar-refractivity contribution in [3.05, 3.63) is 27.3 Å². The van der Waals surface area contributed by atoms with Crippen LogP contribution in [0.4, 0.5) is 4.39 Å². The lowest BCUT2D eigenvalue weighted by atomic mass is 10.3. The molecule has 4 heteroatoms. The zero-order valence-electron chi connectivity index (χ0n) is 7.48. The monoisotopic (exact) mass is 294 g/mol. The Bertz CT molecular complexity index is 278. The van der Waals surface area contributed by atoms with Gasteiger partial charge in [0.05, 0.1) is 0 Å². The number of pyridine rings is 1. The lowest BCUT2D eigenvalue weighted by molar-refractivity contribution is 0.578. The predicted molar refractivity (Wildman–Crippen MR) is 58.9 cm³/mol. The van der Waals surface area contributed by atoms with Crippen LogP contribution in [-0.4, -0.2) is 11.5 Å². The lowest BCUT2D eigenvalue weighted by Crippen LogP contribution is -2.15. The van der Waals surface area contributed by atoms with E-state index in [0.717, 1.165) is 28.6 Å². The Hall–Kier alpha value is -0.230. The van der Waals surface area contributed by atoms with Crippen LogP contribution in [-0.2, 0) is 6.54 Å². The first kappa shape index (κ1) is 10.8. The summed E-state index contributed by atoms with van der Waals surface area (Å²) in [5, 5.41) is 3.24. The highest BCUT2D eigenvalue weighted by atomic mass is 127. The minimum absolute atomic E-state index is 0.413. The summed E-state index contributed by atoms with van der Waals surface area (Å²) in [7, 11) is 0. The van der Waals surface area contributed by atoms with Crippen LogP contribution in [0, 0.1) is 9.52 Å². The van der Waals surface area contributed by atoms with E-state index in [4.69, 9.17) is 0 Å². The van der Waals surface area contributed by atoms with Crippen molar-refractivity contribution in [1.29, 1.82) is 0 Å². The number of hydrogen-bond donors (Lipinski definition) is 1. The van der Waals surface area contributed by atoms with Crippen molar-refractivity contribution in [3.63, 3.8) is 0 Å². The molecule has 0 aliphatic heterocycles. The van der Waals surface area contributed by atoms with Crippen molar-refractivity contribution >= 4 is 22.6 Å². The number of hydrogen-bond acceptors (Lipinski definition) is 2. The molecule has 0 saturated heterocycles. The molecular formula is C9H12FIN2. The molecule has 1 aromatic rings. The lowest BCUT2D eigenvalue weighted by Gasteiger charge is -2.04. The van der Waals surface area contributed by atoms with Crippen LogP contribution in [0.1, 0.15) is 18.9 Å². The molecule has 2 nitrogen and oxygen atoms in total. The quantitative estimate of drug-likeness (QED) is 0.524. The van der Waals surface area contributed by atoms with Crippen LogP contribution in [0.2, 0.25) is 0 Å². The van der Waals surface area contributed by atoms with Gasteiger partial charge in [0.15, 0.2) is 0 Å². The van der Waals surface area contributed by atoms with E-state index >= 15 is 0 Å². The Kier molecular flexibility index (Phi) is 4.58.